The van der Waals surface area contributed by atoms with Crippen molar-refractivity contribution in [3.63, 3.8) is 0 Å². The van der Waals surface area contributed by atoms with E-state index in [4.69, 9.17) is 0 Å². The van der Waals surface area contributed by atoms with E-state index in [1.807, 2.05) is 55.3 Å². The molecule has 2 aromatic heterocycles. The first-order valence-electron chi connectivity index (χ1n) is 7.23. The van der Waals surface area contributed by atoms with Crippen LogP contribution in [0.2, 0.25) is 0 Å². The van der Waals surface area contributed by atoms with Crippen LogP contribution < -0.4 is 0 Å². The fraction of sp³-hybridized carbons (Fsp3) is 0.250. The van der Waals surface area contributed by atoms with Crippen molar-refractivity contribution in [1.29, 1.82) is 0 Å². The Balaban J connectivity index is 0.000000970. The van der Waals surface area contributed by atoms with Crippen molar-refractivity contribution in [3.05, 3.63) is 65.6 Å². The van der Waals surface area contributed by atoms with E-state index in [-0.39, 0.29) is 0 Å². The second kappa shape index (κ2) is 13.2. The Morgan fingerprint density at radius 3 is 2.40 bits per heavy atom. The van der Waals surface area contributed by atoms with Crippen LogP contribution in [0.5, 0.6) is 0 Å². The predicted octanol–water partition coefficient (Wildman–Crippen LogP) is 3.49. The van der Waals surface area contributed by atoms with Crippen molar-refractivity contribution < 1.29 is 13.1 Å². The molecule has 0 saturated carbocycles. The van der Waals surface area contributed by atoms with Gasteiger partial charge in [0.05, 0.1) is 5.69 Å². The van der Waals surface area contributed by atoms with Gasteiger partial charge < -0.3 is 10.5 Å². The van der Waals surface area contributed by atoms with Gasteiger partial charge in [-0.3, -0.25) is 9.97 Å². The van der Waals surface area contributed by atoms with Crippen LogP contribution in [0.1, 0.15) is 18.3 Å². The van der Waals surface area contributed by atoms with Gasteiger partial charge in [-0.05, 0) is 38.2 Å². The molecule has 0 spiro atoms. The van der Waals surface area contributed by atoms with E-state index in [1.54, 1.807) is 12.4 Å². The molecule has 2 aromatic rings. The van der Waals surface area contributed by atoms with Crippen LogP contribution in [0.4, 0.5) is 0 Å². The first-order valence-corrected chi connectivity index (χ1v) is 10.3. The van der Waals surface area contributed by atoms with Gasteiger partial charge in [-0.2, -0.15) is 0 Å². The summed E-state index contributed by atoms with van der Waals surface area (Å²) >= 11 is 5.14. The number of pyridine rings is 2. The van der Waals surface area contributed by atoms with Crippen LogP contribution in [0.15, 0.2) is 53.9 Å². The Labute approximate surface area is 168 Å². The molecule has 0 radical (unpaired) electrons. The van der Waals surface area contributed by atoms with Crippen LogP contribution in [-0.2, 0) is 31.8 Å². The van der Waals surface area contributed by atoms with Gasteiger partial charge in [0.1, 0.15) is 0 Å². The zero-order valence-corrected chi connectivity index (χ0v) is 17.1. The van der Waals surface area contributed by atoms with Gasteiger partial charge in [-0.15, -0.1) is 0 Å². The maximum absolute atomic E-state index is 4.67. The van der Waals surface area contributed by atoms with E-state index in [0.717, 1.165) is 43.2 Å². The summed E-state index contributed by atoms with van der Waals surface area (Å²) in [5.41, 5.74) is 6.76. The van der Waals surface area contributed by atoms with E-state index in [2.05, 4.69) is 52.9 Å². The standard InChI is InChI=1S/C16H19N5S.2ClH.Cu/c1-13(15-8-4-6-11-18-15)19-20-16(22)21(2)12-9-14-7-3-5-10-17-14;;;/h3-8,10-11H,9,12H2,1-2H3,(H,18,20,22);2*1H;/q;;;+2/p-2. The molecule has 0 bridgehead atoms. The van der Waals surface area contributed by atoms with Crippen molar-refractivity contribution in [2.75, 3.05) is 13.6 Å². The molecule has 0 aliphatic heterocycles. The zero-order chi connectivity index (χ0) is 18.5. The number of thiol groups is 1. The van der Waals surface area contributed by atoms with Crippen LogP contribution in [-0.4, -0.2) is 39.3 Å². The molecule has 2 rings (SSSR count). The number of rotatable bonds is 5. The molecule has 0 N–H and O–H groups in total. The predicted molar refractivity (Wildman–Crippen MR) is 106 cm³/mol. The van der Waals surface area contributed by atoms with E-state index >= 15 is 0 Å². The summed E-state index contributed by atoms with van der Waals surface area (Å²) in [4.78, 5) is 10.5. The third-order valence-corrected chi connectivity index (χ3v) is 3.53. The molecule has 5 nitrogen and oxygen atoms in total. The number of likely N-dealkylation sites (N-methyl/N-ethyl adjacent to an activating group) is 1. The summed E-state index contributed by atoms with van der Waals surface area (Å²) in [6, 6.07) is 11.6. The molecule has 25 heavy (non-hydrogen) atoms. The van der Waals surface area contributed by atoms with Crippen molar-refractivity contribution in [2.24, 2.45) is 5.10 Å². The quantitative estimate of drug-likeness (QED) is 0.176. The molecule has 9 heteroatoms. The van der Waals surface area contributed by atoms with Gasteiger partial charge in [0, 0.05) is 36.8 Å². The molecule has 2 heterocycles. The van der Waals surface area contributed by atoms with Gasteiger partial charge in [-0.25, -0.2) is 4.90 Å². The van der Waals surface area contributed by atoms with Crippen molar-refractivity contribution in [1.82, 2.24) is 14.9 Å². The number of hydrogen-bond acceptors (Lipinski definition) is 3. The van der Waals surface area contributed by atoms with Gasteiger partial charge in [0.2, 0.25) is 0 Å². The molecule has 0 atom stereocenters. The third kappa shape index (κ3) is 9.26. The van der Waals surface area contributed by atoms with E-state index in [0.29, 0.717) is 5.11 Å². The van der Waals surface area contributed by atoms with Crippen LogP contribution in [0.25, 0.3) is 5.43 Å². The van der Waals surface area contributed by atoms with Gasteiger partial charge >= 0.3 is 33.3 Å². The first kappa shape index (κ1) is 22.0. The van der Waals surface area contributed by atoms with E-state index in [9.17, 15) is 0 Å². The van der Waals surface area contributed by atoms with Gasteiger partial charge in [0.15, 0.2) is 17.3 Å². The molecule has 0 unspecified atom stereocenters. The van der Waals surface area contributed by atoms with Crippen LogP contribution in [0, 0.1) is 0 Å². The van der Waals surface area contributed by atoms with Crippen LogP contribution >= 0.6 is 20.2 Å². The average molecular weight is 448 g/mol. The summed E-state index contributed by atoms with van der Waals surface area (Å²) < 4.78 is 0. The number of aromatic nitrogens is 2. The Bertz CT molecular complexity index is 658. The van der Waals surface area contributed by atoms with Crippen LogP contribution in [0.3, 0.4) is 0 Å². The Morgan fingerprint density at radius 2 is 1.84 bits per heavy atom. The Hall–Kier alpha value is -1.08. The maximum atomic E-state index is 4.67. The molecule has 0 amide bonds. The molecular formula is C16H19Cl2CuN5S. The molecule has 139 valence electrons. The number of hydrogen-bond donors (Lipinski definition) is 0. The fourth-order valence-electron chi connectivity index (χ4n) is 1.75. The second-order valence-corrected chi connectivity index (χ2v) is 6.79. The van der Waals surface area contributed by atoms with Crippen molar-refractivity contribution in [3.8, 4) is 0 Å². The summed E-state index contributed by atoms with van der Waals surface area (Å²) in [6.45, 7) is 2.65. The molecular weight excluding hydrogens is 429 g/mol. The fourth-order valence-corrected chi connectivity index (χ4v) is 1.90. The first-order chi connectivity index (χ1) is 12.1. The Morgan fingerprint density at radius 1 is 1.20 bits per heavy atom. The van der Waals surface area contributed by atoms with Crippen molar-refractivity contribution >= 4 is 43.2 Å². The summed E-state index contributed by atoms with van der Waals surface area (Å²) in [5.74, 6) is 0. The van der Waals surface area contributed by atoms with E-state index in [1.165, 1.54) is 0 Å². The SMILES string of the molecule is CC(=N[N-]C(=[SH+])N(C)CCc1ccccn1)c1ccccn1.[Cl][Cu][Cl]. The molecule has 0 saturated heterocycles. The summed E-state index contributed by atoms with van der Waals surface area (Å²) in [7, 11) is 11.3. The molecule has 0 aliphatic rings. The van der Waals surface area contributed by atoms with Gasteiger partial charge in [-0.1, -0.05) is 12.1 Å². The molecule has 0 aliphatic carbocycles. The second-order valence-electron chi connectivity index (χ2n) is 4.84. The van der Waals surface area contributed by atoms with E-state index < -0.39 is 0 Å². The summed E-state index contributed by atoms with van der Waals surface area (Å²) in [6.07, 6.45) is 4.37. The molecule has 0 aromatic carbocycles. The zero-order valence-electron chi connectivity index (χ0n) is 13.8. The third-order valence-electron chi connectivity index (χ3n) is 3.10. The summed E-state index contributed by atoms with van der Waals surface area (Å²) in [5, 5.41) is 4.74. The average Bonchev–Trinajstić information content (AvgIpc) is 2.66. The number of halogens is 2. The minimum absolute atomic E-state index is 0.561. The van der Waals surface area contributed by atoms with Gasteiger partial charge in [0.25, 0.3) is 0 Å². The molecule has 0 fully saturated rings. The minimum atomic E-state index is 0.561. The topological polar surface area (TPSA) is 55.5 Å². The Kier molecular flexibility index (Phi) is 11.6. The van der Waals surface area contributed by atoms with Crippen molar-refractivity contribution in [2.45, 2.75) is 13.3 Å². The monoisotopic (exact) mass is 446 g/mol. The normalized spacial score (nSPS) is 11.0. The number of nitrogens with zero attached hydrogens (tertiary/aromatic N) is 5.